The highest BCUT2D eigenvalue weighted by Gasteiger charge is 2.06. The van der Waals surface area contributed by atoms with Crippen LogP contribution < -0.4 is 14.8 Å². The van der Waals surface area contributed by atoms with E-state index in [1.54, 1.807) is 10.9 Å². The Morgan fingerprint density at radius 3 is 2.47 bits per heavy atom. The lowest BCUT2D eigenvalue weighted by Crippen LogP contribution is -2.11. The van der Waals surface area contributed by atoms with E-state index in [2.05, 4.69) is 30.6 Å². The minimum atomic E-state index is 0.214. The first-order valence-electron chi connectivity index (χ1n) is 5.74. The van der Waals surface area contributed by atoms with Crippen LogP contribution in [0.25, 0.3) is 0 Å². The van der Waals surface area contributed by atoms with E-state index in [1.807, 2.05) is 6.20 Å². The number of ether oxygens (including phenoxy) is 2. The van der Waals surface area contributed by atoms with Gasteiger partial charge in [0.1, 0.15) is 0 Å². The maximum atomic E-state index is 4.96. The Bertz CT molecular complexity index is 480. The van der Waals surface area contributed by atoms with Crippen molar-refractivity contribution in [2.45, 2.75) is 13.0 Å². The monoisotopic (exact) mass is 265 g/mol. The molecule has 0 aliphatic rings. The lowest BCUT2D eigenvalue weighted by atomic mass is 10.4. The molecule has 0 amide bonds. The molecule has 0 unspecified atom stereocenters. The molecule has 2 aromatic heterocycles. The van der Waals surface area contributed by atoms with Gasteiger partial charge >= 0.3 is 12.0 Å². The zero-order chi connectivity index (χ0) is 13.5. The first-order chi connectivity index (χ1) is 9.31. The third kappa shape index (κ3) is 3.76. The number of nitrogens with zero attached hydrogens (tertiary/aromatic N) is 6. The van der Waals surface area contributed by atoms with Crippen LogP contribution in [0.5, 0.6) is 12.0 Å². The van der Waals surface area contributed by atoms with Gasteiger partial charge in [-0.25, -0.2) is 0 Å². The minimum Gasteiger partial charge on any atom is -0.467 e. The van der Waals surface area contributed by atoms with Gasteiger partial charge in [0.05, 0.1) is 20.4 Å². The van der Waals surface area contributed by atoms with Crippen molar-refractivity contribution in [3.63, 3.8) is 0 Å². The normalized spacial score (nSPS) is 10.2. The number of methoxy groups -OCH3 is 2. The van der Waals surface area contributed by atoms with Gasteiger partial charge in [0.15, 0.2) is 0 Å². The van der Waals surface area contributed by atoms with Crippen LogP contribution in [0.1, 0.15) is 6.42 Å². The van der Waals surface area contributed by atoms with Crippen molar-refractivity contribution >= 4 is 5.95 Å². The summed E-state index contributed by atoms with van der Waals surface area (Å²) in [4.78, 5) is 12.0. The molecule has 0 atom stereocenters. The summed E-state index contributed by atoms with van der Waals surface area (Å²) < 4.78 is 11.7. The van der Waals surface area contributed by atoms with E-state index in [-0.39, 0.29) is 12.0 Å². The minimum absolute atomic E-state index is 0.214. The summed E-state index contributed by atoms with van der Waals surface area (Å²) in [7, 11) is 2.98. The summed E-state index contributed by atoms with van der Waals surface area (Å²) in [6.45, 7) is 1.46. The Morgan fingerprint density at radius 2 is 1.89 bits per heavy atom. The summed E-state index contributed by atoms with van der Waals surface area (Å²) in [5.74, 6) is 0.419. The molecule has 102 valence electrons. The highest BCUT2D eigenvalue weighted by Crippen LogP contribution is 2.11. The SMILES string of the molecule is COc1nc(NCCCn2ccnn2)nc(OC)n1. The molecule has 2 aromatic rings. The molecular formula is C10H15N7O2. The fourth-order valence-corrected chi connectivity index (χ4v) is 1.39. The predicted molar refractivity (Wildman–Crippen MR) is 66.1 cm³/mol. The summed E-state index contributed by atoms with van der Waals surface area (Å²) in [5, 5.41) is 10.7. The lowest BCUT2D eigenvalue weighted by Gasteiger charge is -2.07. The molecule has 0 saturated heterocycles. The maximum absolute atomic E-state index is 4.96. The number of anilines is 1. The number of hydrogen-bond acceptors (Lipinski definition) is 8. The maximum Gasteiger partial charge on any atom is 0.324 e. The van der Waals surface area contributed by atoms with E-state index in [9.17, 15) is 0 Å². The van der Waals surface area contributed by atoms with Crippen LogP contribution in [-0.2, 0) is 6.54 Å². The first-order valence-corrected chi connectivity index (χ1v) is 5.74. The third-order valence-electron chi connectivity index (χ3n) is 2.28. The summed E-state index contributed by atoms with van der Waals surface area (Å²) in [6.07, 6.45) is 4.32. The van der Waals surface area contributed by atoms with Gasteiger partial charge in [-0.2, -0.15) is 9.97 Å². The number of aryl methyl sites for hydroxylation is 1. The molecule has 0 fully saturated rings. The Hall–Kier alpha value is -2.45. The Kier molecular flexibility index (Phi) is 4.43. The van der Waals surface area contributed by atoms with Gasteiger partial charge < -0.3 is 14.8 Å². The first kappa shape index (κ1) is 13.0. The molecular weight excluding hydrogens is 250 g/mol. The van der Waals surface area contributed by atoms with Crippen molar-refractivity contribution in [1.82, 2.24) is 29.9 Å². The summed E-state index contributed by atoms with van der Waals surface area (Å²) in [5.41, 5.74) is 0. The average molecular weight is 265 g/mol. The quantitative estimate of drug-likeness (QED) is 0.697. The fraction of sp³-hybridized carbons (Fsp3) is 0.500. The number of nitrogens with one attached hydrogen (secondary N) is 1. The zero-order valence-electron chi connectivity index (χ0n) is 10.8. The van der Waals surface area contributed by atoms with Crippen molar-refractivity contribution in [2.24, 2.45) is 0 Å². The second-order valence-corrected chi connectivity index (χ2v) is 3.58. The van der Waals surface area contributed by atoms with Gasteiger partial charge in [-0.3, -0.25) is 4.68 Å². The van der Waals surface area contributed by atoms with Gasteiger partial charge in [0.25, 0.3) is 0 Å². The molecule has 0 radical (unpaired) electrons. The van der Waals surface area contributed by atoms with Crippen molar-refractivity contribution in [2.75, 3.05) is 26.1 Å². The van der Waals surface area contributed by atoms with Gasteiger partial charge in [-0.05, 0) is 6.42 Å². The molecule has 19 heavy (non-hydrogen) atoms. The number of hydrogen-bond donors (Lipinski definition) is 1. The van der Waals surface area contributed by atoms with Crippen LogP contribution >= 0.6 is 0 Å². The fourth-order valence-electron chi connectivity index (χ4n) is 1.39. The Labute approximate surface area is 110 Å². The molecule has 0 aliphatic carbocycles. The van der Waals surface area contributed by atoms with Crippen LogP contribution in [0.2, 0.25) is 0 Å². The smallest absolute Gasteiger partial charge is 0.324 e. The van der Waals surface area contributed by atoms with Crippen molar-refractivity contribution in [3.05, 3.63) is 12.4 Å². The second kappa shape index (κ2) is 6.47. The van der Waals surface area contributed by atoms with Crippen molar-refractivity contribution in [1.29, 1.82) is 0 Å². The van der Waals surface area contributed by atoms with E-state index in [1.165, 1.54) is 14.2 Å². The van der Waals surface area contributed by atoms with Crippen molar-refractivity contribution < 1.29 is 9.47 Å². The third-order valence-corrected chi connectivity index (χ3v) is 2.28. The molecule has 2 heterocycles. The molecule has 0 aromatic carbocycles. The highest BCUT2D eigenvalue weighted by molar-refractivity contribution is 5.27. The van der Waals surface area contributed by atoms with E-state index >= 15 is 0 Å². The zero-order valence-corrected chi connectivity index (χ0v) is 10.8. The highest BCUT2D eigenvalue weighted by atomic mass is 16.5. The summed E-state index contributed by atoms with van der Waals surface area (Å²) >= 11 is 0. The average Bonchev–Trinajstić information content (AvgIpc) is 2.96. The molecule has 2 rings (SSSR count). The molecule has 0 saturated carbocycles. The summed E-state index contributed by atoms with van der Waals surface area (Å²) in [6, 6.07) is 0.427. The number of rotatable bonds is 7. The molecule has 9 nitrogen and oxygen atoms in total. The van der Waals surface area contributed by atoms with Crippen LogP contribution in [0.4, 0.5) is 5.95 Å². The Morgan fingerprint density at radius 1 is 1.16 bits per heavy atom. The molecule has 1 N–H and O–H groups in total. The van der Waals surface area contributed by atoms with Crippen LogP contribution in [-0.4, -0.2) is 50.7 Å². The van der Waals surface area contributed by atoms with Crippen LogP contribution in [0.15, 0.2) is 12.4 Å². The van der Waals surface area contributed by atoms with Gasteiger partial charge in [-0.1, -0.05) is 5.21 Å². The topological polar surface area (TPSA) is 99.9 Å². The van der Waals surface area contributed by atoms with E-state index in [0.29, 0.717) is 12.5 Å². The molecule has 0 bridgehead atoms. The standard InChI is InChI=1S/C10H15N7O2/c1-18-9-13-8(14-10(15-9)19-2)11-4-3-6-17-7-5-12-16-17/h5,7H,3-4,6H2,1-2H3,(H,11,13,14,15). The molecule has 0 aliphatic heterocycles. The lowest BCUT2D eigenvalue weighted by molar-refractivity contribution is 0.341. The van der Waals surface area contributed by atoms with Gasteiger partial charge in [0.2, 0.25) is 5.95 Å². The number of aromatic nitrogens is 6. The molecule has 0 spiro atoms. The van der Waals surface area contributed by atoms with Gasteiger partial charge in [-0.15, -0.1) is 10.1 Å². The largest absolute Gasteiger partial charge is 0.467 e. The van der Waals surface area contributed by atoms with E-state index in [0.717, 1.165) is 13.0 Å². The van der Waals surface area contributed by atoms with E-state index in [4.69, 9.17) is 9.47 Å². The van der Waals surface area contributed by atoms with Gasteiger partial charge in [0, 0.05) is 19.3 Å². The van der Waals surface area contributed by atoms with Crippen LogP contribution in [0, 0.1) is 0 Å². The van der Waals surface area contributed by atoms with Crippen LogP contribution in [0.3, 0.4) is 0 Å². The van der Waals surface area contributed by atoms with Crippen molar-refractivity contribution in [3.8, 4) is 12.0 Å². The Balaban J connectivity index is 1.84. The predicted octanol–water partition coefficient (Wildman–Crippen LogP) is -0.0175. The molecule has 9 heteroatoms. The second-order valence-electron chi connectivity index (χ2n) is 3.58. The van der Waals surface area contributed by atoms with E-state index < -0.39 is 0 Å².